The molecule has 0 saturated heterocycles. The van der Waals surface area contributed by atoms with Crippen LogP contribution in [0.2, 0.25) is 0 Å². The average molecular weight is 197 g/mol. The van der Waals surface area contributed by atoms with E-state index in [4.69, 9.17) is 11.2 Å². The minimum Gasteiger partial charge on any atom is -0.466 e. The Kier molecular flexibility index (Phi) is 7.72. The molecule has 1 N–H and O–H groups in total. The van der Waals surface area contributed by atoms with Gasteiger partial charge in [-0.25, -0.2) is 0 Å². The van der Waals surface area contributed by atoms with Crippen LogP contribution in [0, 0.1) is 18.4 Å². The van der Waals surface area contributed by atoms with Crippen LogP contribution >= 0.6 is 0 Å². The first kappa shape index (κ1) is 12.8. The average Bonchev–Trinajstić information content (AvgIpc) is 2.13. The Labute approximate surface area is 86.2 Å². The molecule has 14 heavy (non-hydrogen) atoms. The number of carbonyl (C=O) groups excluding carboxylic acids is 1. The van der Waals surface area contributed by atoms with Crippen LogP contribution < -0.4 is 5.32 Å². The van der Waals surface area contributed by atoms with Gasteiger partial charge in [-0.3, -0.25) is 4.79 Å². The molecular formula is C11H19NO2. The molecule has 0 aromatic heterocycles. The maximum atomic E-state index is 11.0. The second-order valence-corrected chi connectivity index (χ2v) is 3.58. The molecule has 0 rings (SSSR count). The lowest BCUT2D eigenvalue weighted by molar-refractivity contribution is -0.143. The second-order valence-electron chi connectivity index (χ2n) is 3.58. The number of hydrogen-bond acceptors (Lipinski definition) is 3. The van der Waals surface area contributed by atoms with Crippen molar-refractivity contribution in [2.75, 3.05) is 13.2 Å². The number of hydrogen-bond donors (Lipinski definition) is 1. The predicted octanol–water partition coefficient (Wildman–Crippen LogP) is 1.54. The van der Waals surface area contributed by atoms with Crippen LogP contribution in [-0.2, 0) is 9.53 Å². The Morgan fingerprint density at radius 3 is 2.86 bits per heavy atom. The van der Waals surface area contributed by atoms with Crippen LogP contribution in [0.3, 0.4) is 0 Å². The van der Waals surface area contributed by atoms with Crippen molar-refractivity contribution in [3.63, 3.8) is 0 Å². The summed E-state index contributed by atoms with van der Waals surface area (Å²) in [6.07, 6.45) is 7.33. The van der Waals surface area contributed by atoms with E-state index in [2.05, 4.69) is 25.2 Å². The van der Waals surface area contributed by atoms with E-state index in [0.29, 0.717) is 25.5 Å². The Balaban J connectivity index is 3.23. The summed E-state index contributed by atoms with van der Waals surface area (Å²) in [5.41, 5.74) is 0. The molecule has 0 bridgehead atoms. The summed E-state index contributed by atoms with van der Waals surface area (Å²) >= 11 is 0. The summed E-state index contributed by atoms with van der Waals surface area (Å²) in [7, 11) is 0. The fraction of sp³-hybridized carbons (Fsp3) is 0.727. The summed E-state index contributed by atoms with van der Waals surface area (Å²) in [6, 6.07) is 2.25. The van der Waals surface area contributed by atoms with Gasteiger partial charge in [0.1, 0.15) is 0 Å². The fourth-order valence-corrected chi connectivity index (χ4v) is 0.986. The van der Waals surface area contributed by atoms with E-state index in [1.165, 1.54) is 0 Å². The summed E-state index contributed by atoms with van der Waals surface area (Å²) in [5, 5.41) is 2.61. The molecule has 0 saturated carbocycles. The zero-order chi connectivity index (χ0) is 10.8. The summed E-state index contributed by atoms with van der Waals surface area (Å²) in [6.45, 7) is 5.31. The van der Waals surface area contributed by atoms with E-state index >= 15 is 0 Å². The van der Waals surface area contributed by atoms with Crippen LogP contribution in [0.1, 0.15) is 33.1 Å². The maximum Gasteiger partial charge on any atom is 0.307 e. The number of carbonyl (C=O) groups is 1. The number of terminal acetylenes is 1. The molecule has 0 aliphatic rings. The van der Waals surface area contributed by atoms with Gasteiger partial charge < -0.3 is 10.1 Å². The molecule has 0 atom stereocenters. The van der Waals surface area contributed by atoms with Gasteiger partial charge in [0.2, 0.25) is 0 Å². The molecule has 80 valence electrons. The number of ether oxygens (including phenoxy) is 1. The molecule has 0 heterocycles. The predicted molar refractivity (Wildman–Crippen MR) is 56.5 cm³/mol. The zero-order valence-electron chi connectivity index (χ0n) is 9.01. The Morgan fingerprint density at radius 1 is 1.57 bits per heavy atom. The van der Waals surface area contributed by atoms with E-state index in [9.17, 15) is 4.79 Å². The Bertz CT molecular complexity index is 194. The third-order valence-electron chi connectivity index (χ3n) is 1.75. The minimum absolute atomic E-state index is 0.184. The lowest BCUT2D eigenvalue weighted by Crippen LogP contribution is -2.15. The van der Waals surface area contributed by atoms with Gasteiger partial charge in [0, 0.05) is 12.6 Å². The molecular weight excluding hydrogens is 178 g/mol. The van der Waals surface area contributed by atoms with E-state index in [1.54, 1.807) is 0 Å². The number of nitrogens with one attached hydrogen (secondary N) is 1. The first-order valence-electron chi connectivity index (χ1n) is 5.01. The third-order valence-corrected chi connectivity index (χ3v) is 1.75. The van der Waals surface area contributed by atoms with Gasteiger partial charge in [0.05, 0.1) is 13.0 Å². The van der Waals surface area contributed by atoms with Gasteiger partial charge in [0.25, 0.3) is 0 Å². The van der Waals surface area contributed by atoms with Crippen molar-refractivity contribution >= 4 is 5.97 Å². The normalized spacial score (nSPS) is 9.57. The van der Waals surface area contributed by atoms with Crippen molar-refractivity contribution in [1.29, 1.82) is 0 Å². The summed E-state index contributed by atoms with van der Waals surface area (Å²) in [4.78, 5) is 11.0. The lowest BCUT2D eigenvalue weighted by atomic mass is 10.1. The van der Waals surface area contributed by atoms with Gasteiger partial charge >= 0.3 is 5.97 Å². The van der Waals surface area contributed by atoms with Crippen LogP contribution in [0.5, 0.6) is 0 Å². The van der Waals surface area contributed by atoms with E-state index < -0.39 is 0 Å². The minimum atomic E-state index is -0.184. The maximum absolute atomic E-state index is 11.0. The van der Waals surface area contributed by atoms with Crippen LogP contribution in [0.15, 0.2) is 0 Å². The first-order valence-corrected chi connectivity index (χ1v) is 5.01. The van der Waals surface area contributed by atoms with Gasteiger partial charge in [-0.05, 0) is 18.8 Å². The molecule has 0 aromatic carbocycles. The van der Waals surface area contributed by atoms with Crippen LogP contribution in [0.4, 0.5) is 0 Å². The molecule has 3 nitrogen and oxygen atoms in total. The molecule has 0 amide bonds. The first-order chi connectivity index (χ1) is 6.66. The molecule has 0 spiro atoms. The van der Waals surface area contributed by atoms with Crippen molar-refractivity contribution in [3.8, 4) is 12.5 Å². The molecule has 3 heteroatoms. The zero-order valence-corrected chi connectivity index (χ0v) is 9.01. The Morgan fingerprint density at radius 2 is 2.29 bits per heavy atom. The monoisotopic (exact) mass is 197 g/mol. The number of rotatable bonds is 7. The summed E-state index contributed by atoms with van der Waals surface area (Å²) < 4.78 is 4.99. The molecule has 0 aliphatic heterocycles. The van der Waals surface area contributed by atoms with Gasteiger partial charge in [-0.2, -0.15) is 0 Å². The molecule has 0 radical (unpaired) electrons. The van der Waals surface area contributed by atoms with Gasteiger partial charge in [0.15, 0.2) is 0 Å². The van der Waals surface area contributed by atoms with E-state index in [-0.39, 0.29) is 5.97 Å². The highest BCUT2D eigenvalue weighted by molar-refractivity contribution is 5.69. The standard InChI is InChI=1S/C11H19NO2/c1-4-12-8-7-11(13)14-9-5-6-10(2)3/h1,10,12H,5-9H2,2-3H3. The van der Waals surface area contributed by atoms with Crippen molar-refractivity contribution in [2.45, 2.75) is 33.1 Å². The quantitative estimate of drug-likeness (QED) is 0.291. The number of esters is 1. The second kappa shape index (κ2) is 8.43. The molecule has 0 fully saturated rings. The van der Waals surface area contributed by atoms with Crippen molar-refractivity contribution in [2.24, 2.45) is 5.92 Å². The molecule has 0 aromatic rings. The fourth-order valence-electron chi connectivity index (χ4n) is 0.986. The highest BCUT2D eigenvalue weighted by Crippen LogP contribution is 2.03. The van der Waals surface area contributed by atoms with Crippen LogP contribution in [0.25, 0.3) is 0 Å². The Hall–Kier alpha value is -1.17. The topological polar surface area (TPSA) is 38.3 Å². The third kappa shape index (κ3) is 8.92. The largest absolute Gasteiger partial charge is 0.466 e. The molecule has 0 aliphatic carbocycles. The smallest absolute Gasteiger partial charge is 0.307 e. The lowest BCUT2D eigenvalue weighted by Gasteiger charge is -2.06. The van der Waals surface area contributed by atoms with Crippen molar-refractivity contribution in [1.82, 2.24) is 5.32 Å². The van der Waals surface area contributed by atoms with E-state index in [1.807, 2.05) is 0 Å². The van der Waals surface area contributed by atoms with Crippen molar-refractivity contribution < 1.29 is 9.53 Å². The highest BCUT2D eigenvalue weighted by atomic mass is 16.5. The van der Waals surface area contributed by atoms with Crippen LogP contribution in [-0.4, -0.2) is 19.1 Å². The van der Waals surface area contributed by atoms with Gasteiger partial charge in [-0.15, -0.1) is 0 Å². The SMILES string of the molecule is C#CNCCC(=O)OCCCC(C)C. The molecule has 0 unspecified atom stereocenters. The van der Waals surface area contributed by atoms with E-state index in [0.717, 1.165) is 12.8 Å². The van der Waals surface area contributed by atoms with Crippen molar-refractivity contribution in [3.05, 3.63) is 0 Å². The summed E-state index contributed by atoms with van der Waals surface area (Å²) in [5.74, 6) is 0.480. The van der Waals surface area contributed by atoms with Gasteiger partial charge in [-0.1, -0.05) is 20.3 Å². The highest BCUT2D eigenvalue weighted by Gasteiger charge is 2.01.